The molecule has 0 radical (unpaired) electrons. The van der Waals surface area contributed by atoms with Crippen molar-refractivity contribution in [1.82, 2.24) is 25.3 Å². The van der Waals surface area contributed by atoms with E-state index in [4.69, 9.17) is 0 Å². The number of hydrogen-bond acceptors (Lipinski definition) is 8. The van der Waals surface area contributed by atoms with Crippen molar-refractivity contribution in [3.05, 3.63) is 71.3 Å². The Morgan fingerprint density at radius 2 is 1.68 bits per heavy atom. The molecule has 202 valence electrons. The third kappa shape index (κ3) is 8.08. The Labute approximate surface area is 228 Å². The molecule has 0 spiro atoms. The van der Waals surface area contributed by atoms with Gasteiger partial charge in [-0.3, -0.25) is 14.5 Å². The second kappa shape index (κ2) is 14.0. The van der Waals surface area contributed by atoms with Crippen LogP contribution in [0.4, 0.5) is 10.3 Å². The highest BCUT2D eigenvalue weighted by molar-refractivity contribution is 7.19. The molecule has 1 aliphatic heterocycles. The van der Waals surface area contributed by atoms with Crippen LogP contribution in [0.1, 0.15) is 35.3 Å². The van der Waals surface area contributed by atoms with Gasteiger partial charge in [-0.1, -0.05) is 67.6 Å². The molecular formula is C28H37N7O2S. The zero-order chi connectivity index (χ0) is 26.7. The second-order valence-electron chi connectivity index (χ2n) is 9.35. The molecule has 10 heteroatoms. The Morgan fingerprint density at radius 1 is 0.947 bits per heavy atom. The number of aromatic nitrogens is 2. The number of benzene rings is 2. The maximum Gasteiger partial charge on any atom is 0.251 e. The van der Waals surface area contributed by atoms with Gasteiger partial charge in [0.05, 0.1) is 6.42 Å². The third-order valence-corrected chi connectivity index (χ3v) is 7.61. The number of hydrogen-bond donors (Lipinski definition) is 2. The van der Waals surface area contributed by atoms with Gasteiger partial charge in [-0.25, -0.2) is 0 Å². The fraction of sp³-hybridized carbons (Fsp3) is 0.429. The van der Waals surface area contributed by atoms with Gasteiger partial charge in [0.1, 0.15) is 0 Å². The number of piperazine rings is 1. The van der Waals surface area contributed by atoms with E-state index in [0.717, 1.165) is 68.6 Å². The maximum atomic E-state index is 12.6. The minimum Gasteiger partial charge on any atom is -0.351 e. The average molecular weight is 536 g/mol. The predicted octanol–water partition coefficient (Wildman–Crippen LogP) is 3.11. The van der Waals surface area contributed by atoms with Crippen molar-refractivity contribution in [2.45, 2.75) is 26.8 Å². The summed E-state index contributed by atoms with van der Waals surface area (Å²) in [4.78, 5) is 31.8. The molecule has 1 saturated heterocycles. The number of carbonyl (C=O) groups is 2. The molecule has 1 fully saturated rings. The van der Waals surface area contributed by atoms with E-state index in [9.17, 15) is 9.59 Å². The lowest BCUT2D eigenvalue weighted by Crippen LogP contribution is -2.46. The van der Waals surface area contributed by atoms with Crippen LogP contribution in [0.2, 0.25) is 0 Å². The Bertz CT molecular complexity index is 1170. The molecule has 2 N–H and O–H groups in total. The summed E-state index contributed by atoms with van der Waals surface area (Å²) in [5.74, 6) is -0.115. The Morgan fingerprint density at radius 3 is 2.42 bits per heavy atom. The number of amides is 2. The highest BCUT2D eigenvalue weighted by Crippen LogP contribution is 2.25. The van der Waals surface area contributed by atoms with Crippen LogP contribution in [0.15, 0.2) is 54.6 Å². The molecule has 0 unspecified atom stereocenters. The van der Waals surface area contributed by atoms with Crippen molar-refractivity contribution >= 4 is 33.4 Å². The van der Waals surface area contributed by atoms with Crippen LogP contribution in [0.5, 0.6) is 0 Å². The number of anilines is 2. The van der Waals surface area contributed by atoms with Crippen LogP contribution in [-0.4, -0.2) is 84.2 Å². The molecular weight excluding hydrogens is 498 g/mol. The van der Waals surface area contributed by atoms with E-state index in [-0.39, 0.29) is 11.8 Å². The van der Waals surface area contributed by atoms with Gasteiger partial charge in [0.25, 0.3) is 5.91 Å². The monoisotopic (exact) mass is 535 g/mol. The highest BCUT2D eigenvalue weighted by atomic mass is 32.1. The van der Waals surface area contributed by atoms with Gasteiger partial charge < -0.3 is 20.4 Å². The lowest BCUT2D eigenvalue weighted by molar-refractivity contribution is -0.115. The topological polar surface area (TPSA) is 93.7 Å². The van der Waals surface area contributed by atoms with Crippen molar-refractivity contribution in [3.63, 3.8) is 0 Å². The lowest BCUT2D eigenvalue weighted by atomic mass is 10.1. The summed E-state index contributed by atoms with van der Waals surface area (Å²) in [6, 6.07) is 17.6. The minimum atomic E-state index is -0.0940. The molecule has 1 aromatic heterocycles. The Hall–Kier alpha value is -3.34. The molecule has 3 aromatic rings. The van der Waals surface area contributed by atoms with E-state index in [0.29, 0.717) is 23.7 Å². The number of nitrogens with zero attached hydrogens (tertiary/aromatic N) is 5. The van der Waals surface area contributed by atoms with Gasteiger partial charge in [-0.2, -0.15) is 0 Å². The van der Waals surface area contributed by atoms with Crippen molar-refractivity contribution in [3.8, 4) is 0 Å². The Balaban J connectivity index is 1.22. The Kier molecular flexibility index (Phi) is 10.2. The van der Waals surface area contributed by atoms with Crippen LogP contribution in [0.25, 0.3) is 0 Å². The van der Waals surface area contributed by atoms with Gasteiger partial charge in [0.15, 0.2) is 0 Å². The van der Waals surface area contributed by atoms with Gasteiger partial charge in [-0.05, 0) is 36.3 Å². The molecule has 0 atom stereocenters. The second-order valence-corrected chi connectivity index (χ2v) is 10.3. The predicted molar refractivity (Wildman–Crippen MR) is 153 cm³/mol. The van der Waals surface area contributed by atoms with Crippen LogP contribution < -0.4 is 15.5 Å². The summed E-state index contributed by atoms with van der Waals surface area (Å²) >= 11 is 1.41. The molecule has 0 aliphatic carbocycles. The molecule has 2 amide bonds. The quantitative estimate of drug-likeness (QED) is 0.368. The standard InChI is InChI=1S/C28H37N7O2S/c1-3-33(4-2)14-13-29-26(37)24-12-8-11-23(19-24)21-34-15-17-35(18-16-34)28-32-31-27(38-28)30-25(36)20-22-9-6-5-7-10-22/h5-12,19H,3-4,13-18,20-21H2,1-2H3,(H,29,37)(H,30,31,36). The fourth-order valence-corrected chi connectivity index (χ4v) is 5.29. The largest absolute Gasteiger partial charge is 0.351 e. The summed E-state index contributed by atoms with van der Waals surface area (Å²) in [6.45, 7) is 12.0. The minimum absolute atomic E-state index is 0.0215. The van der Waals surface area contributed by atoms with Gasteiger partial charge >= 0.3 is 0 Å². The molecule has 2 heterocycles. The van der Waals surface area contributed by atoms with E-state index in [1.165, 1.54) is 11.3 Å². The normalized spacial score (nSPS) is 14.0. The summed E-state index contributed by atoms with van der Waals surface area (Å²) in [7, 11) is 0. The van der Waals surface area contributed by atoms with Gasteiger partial charge in [-0.15, -0.1) is 10.2 Å². The first-order chi connectivity index (χ1) is 18.5. The van der Waals surface area contributed by atoms with Crippen LogP contribution in [0, 0.1) is 0 Å². The van der Waals surface area contributed by atoms with Crippen LogP contribution in [0.3, 0.4) is 0 Å². The zero-order valence-corrected chi connectivity index (χ0v) is 23.0. The van der Waals surface area contributed by atoms with Gasteiger partial charge in [0, 0.05) is 51.4 Å². The molecule has 9 nitrogen and oxygen atoms in total. The summed E-state index contributed by atoms with van der Waals surface area (Å²) in [6.07, 6.45) is 0.313. The fourth-order valence-electron chi connectivity index (χ4n) is 4.47. The summed E-state index contributed by atoms with van der Waals surface area (Å²) in [5.41, 5.74) is 2.80. The van der Waals surface area contributed by atoms with E-state index < -0.39 is 0 Å². The van der Waals surface area contributed by atoms with Crippen molar-refractivity contribution in [2.24, 2.45) is 0 Å². The van der Waals surface area contributed by atoms with Crippen molar-refractivity contribution in [2.75, 3.05) is 62.6 Å². The lowest BCUT2D eigenvalue weighted by Gasteiger charge is -2.34. The maximum absolute atomic E-state index is 12.6. The zero-order valence-electron chi connectivity index (χ0n) is 22.2. The van der Waals surface area contributed by atoms with Crippen molar-refractivity contribution < 1.29 is 9.59 Å². The first-order valence-electron chi connectivity index (χ1n) is 13.3. The molecule has 1 aliphatic rings. The molecule has 4 rings (SSSR count). The third-order valence-electron chi connectivity index (χ3n) is 6.71. The summed E-state index contributed by atoms with van der Waals surface area (Å²) in [5, 5.41) is 15.7. The van der Waals surface area contributed by atoms with E-state index in [1.54, 1.807) is 0 Å². The molecule has 0 bridgehead atoms. The van der Waals surface area contributed by atoms with E-state index in [2.05, 4.69) is 55.4 Å². The van der Waals surface area contributed by atoms with E-state index >= 15 is 0 Å². The highest BCUT2D eigenvalue weighted by Gasteiger charge is 2.21. The van der Waals surface area contributed by atoms with Gasteiger partial charge in [0.2, 0.25) is 16.2 Å². The van der Waals surface area contributed by atoms with Crippen LogP contribution >= 0.6 is 11.3 Å². The smallest absolute Gasteiger partial charge is 0.251 e. The number of rotatable bonds is 12. The first kappa shape index (κ1) is 27.7. The van der Waals surface area contributed by atoms with E-state index in [1.807, 2.05) is 48.5 Å². The number of carbonyl (C=O) groups excluding carboxylic acids is 2. The molecule has 38 heavy (non-hydrogen) atoms. The molecule has 0 saturated carbocycles. The molecule has 2 aromatic carbocycles. The van der Waals surface area contributed by atoms with Crippen LogP contribution in [-0.2, 0) is 17.8 Å². The number of likely N-dealkylation sites (N-methyl/N-ethyl adjacent to an activating group) is 1. The van der Waals surface area contributed by atoms with Crippen molar-refractivity contribution in [1.29, 1.82) is 0 Å². The SMILES string of the molecule is CCN(CC)CCNC(=O)c1cccc(CN2CCN(c3nnc(NC(=O)Cc4ccccc4)s3)CC2)c1. The average Bonchev–Trinajstić information content (AvgIpc) is 3.40. The summed E-state index contributed by atoms with van der Waals surface area (Å²) < 4.78 is 0. The number of nitrogens with one attached hydrogen (secondary N) is 2. The first-order valence-corrected chi connectivity index (χ1v) is 14.1.